The van der Waals surface area contributed by atoms with Crippen LogP contribution in [0, 0.1) is 11.3 Å². The molecule has 2 N–H and O–H groups in total. The van der Waals surface area contributed by atoms with Gasteiger partial charge >= 0.3 is 0 Å². The molecule has 0 aliphatic heterocycles. The number of rotatable bonds is 3. The molecule has 0 aliphatic rings. The van der Waals surface area contributed by atoms with Gasteiger partial charge in [0.05, 0.1) is 17.3 Å². The molecule has 0 aromatic heterocycles. The van der Waals surface area contributed by atoms with Crippen LogP contribution in [0.1, 0.15) is 5.56 Å². The summed E-state index contributed by atoms with van der Waals surface area (Å²) in [6, 6.07) is 8.13. The largest absolute Gasteiger partial charge is 0.298 e. The number of benzene rings is 1. The average Bonchev–Trinajstić information content (AvgIpc) is 2.17. The van der Waals surface area contributed by atoms with Gasteiger partial charge in [0.1, 0.15) is 0 Å². The van der Waals surface area contributed by atoms with Crippen LogP contribution in [0.15, 0.2) is 24.3 Å². The van der Waals surface area contributed by atoms with Crippen molar-refractivity contribution in [2.24, 2.45) is 0 Å². The fourth-order valence-electron chi connectivity index (χ4n) is 0.858. The van der Waals surface area contributed by atoms with Gasteiger partial charge in [-0.25, -0.2) is 4.72 Å². The maximum absolute atomic E-state index is 11.1. The van der Waals surface area contributed by atoms with Crippen molar-refractivity contribution in [3.05, 3.63) is 29.8 Å². The van der Waals surface area contributed by atoms with Gasteiger partial charge in [-0.2, -0.15) is 13.7 Å². The molecule has 0 unspecified atom stereocenters. The van der Waals surface area contributed by atoms with Crippen molar-refractivity contribution < 1.29 is 8.42 Å². The molecule has 0 saturated carbocycles. The Morgan fingerprint density at radius 2 is 2.14 bits per heavy atom. The van der Waals surface area contributed by atoms with Crippen molar-refractivity contribution in [3.63, 3.8) is 0 Å². The van der Waals surface area contributed by atoms with E-state index in [1.165, 1.54) is 13.1 Å². The van der Waals surface area contributed by atoms with Crippen molar-refractivity contribution in [1.29, 1.82) is 5.26 Å². The standard InChI is InChI=1S/C8H9N3O2S/c1-10-14(12,13)11-8-4-2-3-7(5-8)6-9/h2-5,10-11H,1H3. The van der Waals surface area contributed by atoms with E-state index in [1.807, 2.05) is 6.07 Å². The highest BCUT2D eigenvalue weighted by Crippen LogP contribution is 2.10. The third-order valence-electron chi connectivity index (χ3n) is 1.51. The number of nitriles is 1. The van der Waals surface area contributed by atoms with E-state index in [4.69, 9.17) is 5.26 Å². The highest BCUT2D eigenvalue weighted by molar-refractivity contribution is 7.90. The lowest BCUT2D eigenvalue weighted by Gasteiger charge is -2.05. The molecule has 0 radical (unpaired) electrons. The molecule has 5 nitrogen and oxygen atoms in total. The fourth-order valence-corrected chi connectivity index (χ4v) is 1.40. The number of nitrogens with one attached hydrogen (secondary N) is 2. The first-order valence-electron chi connectivity index (χ1n) is 3.79. The van der Waals surface area contributed by atoms with Gasteiger partial charge in [-0.1, -0.05) is 6.07 Å². The van der Waals surface area contributed by atoms with Gasteiger partial charge < -0.3 is 0 Å². The minimum atomic E-state index is -3.51. The molecule has 0 aliphatic carbocycles. The summed E-state index contributed by atoms with van der Waals surface area (Å²) in [7, 11) is -2.20. The first-order valence-corrected chi connectivity index (χ1v) is 5.27. The Labute approximate surface area is 82.5 Å². The quantitative estimate of drug-likeness (QED) is 0.760. The van der Waals surface area contributed by atoms with E-state index >= 15 is 0 Å². The fraction of sp³-hybridized carbons (Fsp3) is 0.125. The van der Waals surface area contributed by atoms with Crippen LogP contribution < -0.4 is 9.44 Å². The molecule has 0 amide bonds. The van der Waals surface area contributed by atoms with E-state index in [0.29, 0.717) is 11.3 Å². The van der Waals surface area contributed by atoms with E-state index in [1.54, 1.807) is 18.2 Å². The van der Waals surface area contributed by atoms with Gasteiger partial charge in [-0.15, -0.1) is 0 Å². The molecule has 1 aromatic carbocycles. The summed E-state index contributed by atoms with van der Waals surface area (Å²) in [6.45, 7) is 0. The number of hydrogen-bond donors (Lipinski definition) is 2. The second-order valence-corrected chi connectivity index (χ2v) is 4.12. The summed E-state index contributed by atoms with van der Waals surface area (Å²) >= 11 is 0. The Kier molecular flexibility index (Phi) is 3.06. The first-order chi connectivity index (χ1) is 6.57. The van der Waals surface area contributed by atoms with Gasteiger partial charge in [0, 0.05) is 7.05 Å². The van der Waals surface area contributed by atoms with E-state index in [0.717, 1.165) is 0 Å². The highest BCUT2D eigenvalue weighted by atomic mass is 32.2. The zero-order valence-corrected chi connectivity index (χ0v) is 8.30. The summed E-state index contributed by atoms with van der Waals surface area (Å²) in [5.41, 5.74) is 0.764. The lowest BCUT2D eigenvalue weighted by Crippen LogP contribution is -2.26. The van der Waals surface area contributed by atoms with Crippen LogP contribution in [-0.2, 0) is 10.2 Å². The van der Waals surface area contributed by atoms with Gasteiger partial charge in [0.2, 0.25) is 0 Å². The summed E-state index contributed by atoms with van der Waals surface area (Å²) in [5.74, 6) is 0. The molecule has 0 atom stereocenters. The number of hydrogen-bond acceptors (Lipinski definition) is 3. The maximum atomic E-state index is 11.1. The van der Waals surface area contributed by atoms with Crippen molar-refractivity contribution >= 4 is 15.9 Å². The van der Waals surface area contributed by atoms with Crippen LogP contribution in [0.5, 0.6) is 0 Å². The maximum Gasteiger partial charge on any atom is 0.298 e. The van der Waals surface area contributed by atoms with Crippen LogP contribution in [0.4, 0.5) is 5.69 Å². The third kappa shape index (κ3) is 2.73. The molecule has 6 heteroatoms. The number of anilines is 1. The predicted molar refractivity (Wildman–Crippen MR) is 52.8 cm³/mol. The lowest BCUT2D eigenvalue weighted by molar-refractivity contribution is 0.593. The Bertz CT molecular complexity index is 462. The van der Waals surface area contributed by atoms with Crippen LogP contribution >= 0.6 is 0 Å². The molecule has 0 spiro atoms. The smallest absolute Gasteiger partial charge is 0.271 e. The zero-order valence-electron chi connectivity index (χ0n) is 7.48. The molecule has 1 rings (SSSR count). The minimum Gasteiger partial charge on any atom is -0.271 e. The Morgan fingerprint density at radius 3 is 2.71 bits per heavy atom. The Morgan fingerprint density at radius 1 is 1.43 bits per heavy atom. The van der Waals surface area contributed by atoms with Crippen LogP contribution in [0.2, 0.25) is 0 Å². The van der Waals surface area contributed by atoms with Crippen LogP contribution in [0.25, 0.3) is 0 Å². The van der Waals surface area contributed by atoms with Crippen molar-refractivity contribution in [2.75, 3.05) is 11.8 Å². The highest BCUT2D eigenvalue weighted by Gasteiger charge is 2.05. The molecule has 0 bridgehead atoms. The summed E-state index contributed by atoms with van der Waals surface area (Å²) in [6.07, 6.45) is 0. The van der Waals surface area contributed by atoms with Gasteiger partial charge in [0.25, 0.3) is 10.2 Å². The Hall–Kier alpha value is -1.58. The first kappa shape index (κ1) is 10.5. The monoisotopic (exact) mass is 211 g/mol. The predicted octanol–water partition coefficient (Wildman–Crippen LogP) is 0.434. The second-order valence-electron chi connectivity index (χ2n) is 2.50. The second kappa shape index (κ2) is 4.09. The molecular formula is C8H9N3O2S. The van der Waals surface area contributed by atoms with Gasteiger partial charge in [-0.3, -0.25) is 4.72 Å². The minimum absolute atomic E-state index is 0.360. The lowest BCUT2D eigenvalue weighted by atomic mass is 10.2. The zero-order chi connectivity index (χ0) is 10.6. The SMILES string of the molecule is CNS(=O)(=O)Nc1cccc(C#N)c1. The van der Waals surface area contributed by atoms with E-state index < -0.39 is 10.2 Å². The van der Waals surface area contributed by atoms with E-state index in [-0.39, 0.29) is 0 Å². The summed E-state index contributed by atoms with van der Waals surface area (Å²) in [5, 5.41) is 8.57. The summed E-state index contributed by atoms with van der Waals surface area (Å²) < 4.78 is 26.5. The third-order valence-corrected chi connectivity index (χ3v) is 2.55. The molecule has 0 fully saturated rings. The normalized spacial score (nSPS) is 10.6. The average molecular weight is 211 g/mol. The van der Waals surface area contributed by atoms with Crippen molar-refractivity contribution in [3.8, 4) is 6.07 Å². The molecule has 0 heterocycles. The van der Waals surface area contributed by atoms with E-state index in [2.05, 4.69) is 9.44 Å². The summed E-state index contributed by atoms with van der Waals surface area (Å²) in [4.78, 5) is 0. The molecule has 14 heavy (non-hydrogen) atoms. The van der Waals surface area contributed by atoms with Crippen LogP contribution in [0.3, 0.4) is 0 Å². The van der Waals surface area contributed by atoms with Crippen molar-refractivity contribution in [1.82, 2.24) is 4.72 Å². The number of nitrogens with zero attached hydrogens (tertiary/aromatic N) is 1. The molecular weight excluding hydrogens is 202 g/mol. The van der Waals surface area contributed by atoms with Gasteiger partial charge in [0.15, 0.2) is 0 Å². The topological polar surface area (TPSA) is 82.0 Å². The molecule has 0 saturated heterocycles. The molecule has 1 aromatic rings. The van der Waals surface area contributed by atoms with Gasteiger partial charge in [-0.05, 0) is 18.2 Å². The Balaban J connectivity index is 2.94. The van der Waals surface area contributed by atoms with Crippen molar-refractivity contribution in [2.45, 2.75) is 0 Å². The molecule has 74 valence electrons. The van der Waals surface area contributed by atoms with Crippen LogP contribution in [-0.4, -0.2) is 15.5 Å². The van der Waals surface area contributed by atoms with E-state index in [9.17, 15) is 8.42 Å².